The minimum atomic E-state index is 0. The fourth-order valence-corrected chi connectivity index (χ4v) is 3.24. The average molecular weight is 488 g/mol. The summed E-state index contributed by atoms with van der Waals surface area (Å²) in [5.74, 6) is 2.20. The lowest BCUT2D eigenvalue weighted by molar-refractivity contribution is 0.411. The number of aromatic nitrogens is 1. The Morgan fingerprint density at radius 2 is 2.08 bits per heavy atom. The predicted octanol–water partition coefficient (Wildman–Crippen LogP) is 4.11. The first-order valence-electron chi connectivity index (χ1n) is 8.55. The second-order valence-electron chi connectivity index (χ2n) is 6.24. The van der Waals surface area contributed by atoms with Gasteiger partial charge in [0.2, 0.25) is 0 Å². The van der Waals surface area contributed by atoms with Crippen molar-refractivity contribution in [3.63, 3.8) is 0 Å². The average Bonchev–Trinajstić information content (AvgIpc) is 3.08. The van der Waals surface area contributed by atoms with Gasteiger partial charge in [0.25, 0.3) is 0 Å². The van der Waals surface area contributed by atoms with E-state index in [0.29, 0.717) is 12.5 Å². The highest BCUT2D eigenvalue weighted by Gasteiger charge is 2.06. The summed E-state index contributed by atoms with van der Waals surface area (Å²) >= 11 is 1.71. The molecule has 0 spiro atoms. The zero-order chi connectivity index (χ0) is 18.2. The Labute approximate surface area is 177 Å². The Hall–Kier alpha value is -1.35. The molecule has 1 aromatic heterocycles. The number of benzene rings is 1. The molecule has 5 nitrogen and oxygen atoms in total. The molecule has 0 aliphatic heterocycles. The van der Waals surface area contributed by atoms with Crippen molar-refractivity contribution in [3.8, 4) is 5.75 Å². The number of guanidine groups is 1. The maximum atomic E-state index is 5.38. The standard InChI is InChI=1S/C19H28N4OS.HI/c1-13(2)18-23-16(12-25-18)11-22-19(20-4)21-9-8-15-7-6-14(3)17(10-15)24-5;/h6-7,10,12-13H,8-9,11H2,1-5H3,(H2,20,21,22);1H. The summed E-state index contributed by atoms with van der Waals surface area (Å²) in [6.45, 7) is 7.87. The predicted molar refractivity (Wildman–Crippen MR) is 121 cm³/mol. The number of thiazole rings is 1. The van der Waals surface area contributed by atoms with Crippen molar-refractivity contribution in [2.24, 2.45) is 4.99 Å². The van der Waals surface area contributed by atoms with E-state index in [1.165, 1.54) is 10.6 Å². The van der Waals surface area contributed by atoms with E-state index in [4.69, 9.17) is 4.74 Å². The van der Waals surface area contributed by atoms with Crippen LogP contribution in [0.15, 0.2) is 28.6 Å². The topological polar surface area (TPSA) is 58.5 Å². The molecular weight excluding hydrogens is 459 g/mol. The van der Waals surface area contributed by atoms with Crippen molar-refractivity contribution in [2.45, 2.75) is 39.7 Å². The van der Waals surface area contributed by atoms with Gasteiger partial charge in [0.15, 0.2) is 5.96 Å². The van der Waals surface area contributed by atoms with Crippen molar-refractivity contribution in [3.05, 3.63) is 45.4 Å². The molecule has 0 atom stereocenters. The Morgan fingerprint density at radius 1 is 1.31 bits per heavy atom. The first-order valence-corrected chi connectivity index (χ1v) is 9.43. The molecule has 0 radical (unpaired) electrons. The van der Waals surface area contributed by atoms with Gasteiger partial charge in [-0.05, 0) is 30.5 Å². The van der Waals surface area contributed by atoms with E-state index in [1.54, 1.807) is 25.5 Å². The van der Waals surface area contributed by atoms with Gasteiger partial charge in [-0.3, -0.25) is 4.99 Å². The molecular formula is C19H29IN4OS. The summed E-state index contributed by atoms with van der Waals surface area (Å²) < 4.78 is 5.38. The zero-order valence-electron chi connectivity index (χ0n) is 16.1. The van der Waals surface area contributed by atoms with Gasteiger partial charge >= 0.3 is 0 Å². The molecule has 0 saturated heterocycles. The highest BCUT2D eigenvalue weighted by atomic mass is 127. The lowest BCUT2D eigenvalue weighted by atomic mass is 10.1. The third kappa shape index (κ3) is 6.75. The van der Waals surface area contributed by atoms with Crippen molar-refractivity contribution in [2.75, 3.05) is 20.7 Å². The Balaban J connectivity index is 0.00000338. The van der Waals surface area contributed by atoms with Crippen LogP contribution in [-0.4, -0.2) is 31.6 Å². The molecule has 0 saturated carbocycles. The van der Waals surface area contributed by atoms with Crippen LogP contribution < -0.4 is 15.4 Å². The number of nitrogens with one attached hydrogen (secondary N) is 2. The molecule has 0 bridgehead atoms. The molecule has 0 amide bonds. The number of methoxy groups -OCH3 is 1. The minimum absolute atomic E-state index is 0. The number of hydrogen-bond acceptors (Lipinski definition) is 4. The summed E-state index contributed by atoms with van der Waals surface area (Å²) in [7, 11) is 3.49. The fraction of sp³-hybridized carbons (Fsp3) is 0.474. The number of aliphatic imine (C=N–C) groups is 1. The van der Waals surface area contributed by atoms with Gasteiger partial charge in [0.1, 0.15) is 5.75 Å². The van der Waals surface area contributed by atoms with Crippen LogP contribution in [0, 0.1) is 6.92 Å². The van der Waals surface area contributed by atoms with Gasteiger partial charge in [-0.25, -0.2) is 4.98 Å². The third-order valence-electron chi connectivity index (χ3n) is 3.90. The van der Waals surface area contributed by atoms with E-state index < -0.39 is 0 Å². The van der Waals surface area contributed by atoms with Gasteiger partial charge in [-0.1, -0.05) is 26.0 Å². The first kappa shape index (κ1) is 22.7. The van der Waals surface area contributed by atoms with Gasteiger partial charge in [-0.2, -0.15) is 0 Å². The van der Waals surface area contributed by atoms with Gasteiger partial charge < -0.3 is 15.4 Å². The molecule has 1 aromatic carbocycles. The second-order valence-corrected chi connectivity index (χ2v) is 7.13. The van der Waals surface area contributed by atoms with Gasteiger partial charge in [-0.15, -0.1) is 35.3 Å². The molecule has 0 unspecified atom stereocenters. The van der Waals surface area contributed by atoms with Crippen LogP contribution in [0.2, 0.25) is 0 Å². The number of aryl methyl sites for hydroxylation is 1. The van der Waals surface area contributed by atoms with Crippen LogP contribution in [-0.2, 0) is 13.0 Å². The van der Waals surface area contributed by atoms with Crippen LogP contribution in [0.4, 0.5) is 0 Å². The largest absolute Gasteiger partial charge is 0.496 e. The minimum Gasteiger partial charge on any atom is -0.496 e. The molecule has 0 fully saturated rings. The highest BCUT2D eigenvalue weighted by Crippen LogP contribution is 2.19. The summed E-state index contributed by atoms with van der Waals surface area (Å²) in [6.07, 6.45) is 0.908. The zero-order valence-corrected chi connectivity index (χ0v) is 19.3. The molecule has 2 aromatic rings. The van der Waals surface area contributed by atoms with E-state index in [1.807, 2.05) is 0 Å². The van der Waals surface area contributed by atoms with Crippen molar-refractivity contribution in [1.82, 2.24) is 15.6 Å². The number of halogens is 1. The summed E-state index contributed by atoms with van der Waals surface area (Å²) in [5, 5.41) is 9.94. The van der Waals surface area contributed by atoms with Crippen LogP contribution in [0.1, 0.15) is 41.6 Å². The molecule has 2 rings (SSSR count). The van der Waals surface area contributed by atoms with E-state index in [9.17, 15) is 0 Å². The second kappa shape index (κ2) is 11.4. The summed E-state index contributed by atoms with van der Waals surface area (Å²) in [4.78, 5) is 8.90. The molecule has 1 heterocycles. The molecule has 0 aliphatic carbocycles. The monoisotopic (exact) mass is 488 g/mol. The third-order valence-corrected chi connectivity index (χ3v) is 5.10. The van der Waals surface area contributed by atoms with Crippen molar-refractivity contribution >= 4 is 41.3 Å². The molecule has 26 heavy (non-hydrogen) atoms. The molecule has 0 aliphatic rings. The van der Waals surface area contributed by atoms with Crippen molar-refractivity contribution in [1.29, 1.82) is 0 Å². The van der Waals surface area contributed by atoms with Crippen LogP contribution >= 0.6 is 35.3 Å². The van der Waals surface area contributed by atoms with E-state index in [2.05, 4.69) is 65.0 Å². The van der Waals surface area contributed by atoms with E-state index in [-0.39, 0.29) is 24.0 Å². The normalized spacial score (nSPS) is 11.2. The van der Waals surface area contributed by atoms with Gasteiger partial charge in [0.05, 0.1) is 24.4 Å². The Morgan fingerprint density at radius 3 is 2.69 bits per heavy atom. The molecule has 7 heteroatoms. The SMILES string of the molecule is CN=C(NCCc1ccc(C)c(OC)c1)NCc1csc(C(C)C)n1.I. The Kier molecular flexibility index (Phi) is 9.93. The highest BCUT2D eigenvalue weighted by molar-refractivity contribution is 14.0. The lowest BCUT2D eigenvalue weighted by Gasteiger charge is -2.12. The molecule has 144 valence electrons. The maximum absolute atomic E-state index is 5.38. The van der Waals surface area contributed by atoms with Gasteiger partial charge in [0, 0.05) is 24.9 Å². The number of rotatable bonds is 7. The van der Waals surface area contributed by atoms with E-state index in [0.717, 1.165) is 35.9 Å². The van der Waals surface area contributed by atoms with E-state index >= 15 is 0 Å². The fourth-order valence-electron chi connectivity index (χ4n) is 2.41. The number of nitrogens with zero attached hydrogens (tertiary/aromatic N) is 2. The molecule has 2 N–H and O–H groups in total. The van der Waals surface area contributed by atoms with Crippen LogP contribution in [0.3, 0.4) is 0 Å². The van der Waals surface area contributed by atoms with Crippen LogP contribution in [0.25, 0.3) is 0 Å². The summed E-state index contributed by atoms with van der Waals surface area (Å²) in [6, 6.07) is 6.32. The van der Waals surface area contributed by atoms with Crippen LogP contribution in [0.5, 0.6) is 5.75 Å². The summed E-state index contributed by atoms with van der Waals surface area (Å²) in [5.41, 5.74) is 3.45. The van der Waals surface area contributed by atoms with Crippen molar-refractivity contribution < 1.29 is 4.74 Å². The number of hydrogen-bond donors (Lipinski definition) is 2. The Bertz CT molecular complexity index is 715. The maximum Gasteiger partial charge on any atom is 0.191 e. The lowest BCUT2D eigenvalue weighted by Crippen LogP contribution is -2.37. The number of ether oxygens (including phenoxy) is 1. The smallest absolute Gasteiger partial charge is 0.191 e. The quantitative estimate of drug-likeness (QED) is 0.350. The first-order chi connectivity index (χ1) is 12.0.